The fourth-order valence-electron chi connectivity index (χ4n) is 3.47. The first-order chi connectivity index (χ1) is 13.5. The molecule has 1 heterocycles. The lowest BCUT2D eigenvalue weighted by Crippen LogP contribution is -2.33. The van der Waals surface area contributed by atoms with Gasteiger partial charge < -0.3 is 14.7 Å². The van der Waals surface area contributed by atoms with E-state index in [0.29, 0.717) is 25.1 Å². The number of hydrogen-bond acceptors (Lipinski definition) is 4. The Morgan fingerprint density at radius 1 is 1.29 bits per heavy atom. The van der Waals surface area contributed by atoms with Gasteiger partial charge in [0, 0.05) is 13.0 Å². The summed E-state index contributed by atoms with van der Waals surface area (Å²) in [6.07, 6.45) is 9.58. The molecule has 154 valence electrons. The number of ether oxygens (including phenoxy) is 1. The summed E-state index contributed by atoms with van der Waals surface area (Å²) in [4.78, 5) is 25.9. The van der Waals surface area contributed by atoms with Crippen molar-refractivity contribution in [3.05, 3.63) is 47.5 Å². The zero-order valence-corrected chi connectivity index (χ0v) is 17.1. The van der Waals surface area contributed by atoms with Gasteiger partial charge in [0.2, 0.25) is 5.91 Å². The van der Waals surface area contributed by atoms with Crippen LogP contribution in [0.1, 0.15) is 68.3 Å². The van der Waals surface area contributed by atoms with E-state index in [-0.39, 0.29) is 17.9 Å². The van der Waals surface area contributed by atoms with Crippen LogP contribution in [-0.4, -0.2) is 47.2 Å². The maximum atomic E-state index is 12.2. The number of aliphatic hydroxyl groups is 1. The number of rotatable bonds is 11. The molecule has 1 unspecified atom stereocenters. The highest BCUT2D eigenvalue weighted by Gasteiger charge is 2.28. The van der Waals surface area contributed by atoms with Crippen LogP contribution in [0.3, 0.4) is 0 Å². The molecule has 1 N–H and O–H groups in total. The highest BCUT2D eigenvalue weighted by molar-refractivity contribution is 5.89. The van der Waals surface area contributed by atoms with Crippen molar-refractivity contribution in [3.8, 4) is 0 Å². The van der Waals surface area contributed by atoms with E-state index in [1.807, 2.05) is 29.2 Å². The smallest absolute Gasteiger partial charge is 0.338 e. The maximum Gasteiger partial charge on any atom is 0.338 e. The highest BCUT2D eigenvalue weighted by Crippen LogP contribution is 2.21. The Hall–Kier alpha value is -2.14. The van der Waals surface area contributed by atoms with Gasteiger partial charge >= 0.3 is 5.97 Å². The summed E-state index contributed by atoms with van der Waals surface area (Å²) in [6.45, 7) is 4.93. The maximum absolute atomic E-state index is 12.2. The van der Waals surface area contributed by atoms with Crippen molar-refractivity contribution in [2.45, 2.75) is 70.9 Å². The molecule has 1 saturated heterocycles. The Morgan fingerprint density at radius 2 is 2.04 bits per heavy atom. The van der Waals surface area contributed by atoms with Crippen LogP contribution in [0.2, 0.25) is 0 Å². The van der Waals surface area contributed by atoms with E-state index in [4.69, 9.17) is 4.74 Å². The minimum absolute atomic E-state index is 0.0622. The number of unbranched alkanes of at least 4 members (excludes halogenated alkanes) is 2. The fraction of sp³-hybridized carbons (Fsp3) is 0.565. The average molecular weight is 388 g/mol. The zero-order valence-electron chi connectivity index (χ0n) is 17.1. The lowest BCUT2D eigenvalue weighted by molar-refractivity contribution is -0.128. The molecule has 5 nitrogen and oxygen atoms in total. The minimum Gasteiger partial charge on any atom is -0.462 e. The van der Waals surface area contributed by atoms with Gasteiger partial charge in [0.25, 0.3) is 0 Å². The fourth-order valence-corrected chi connectivity index (χ4v) is 3.47. The van der Waals surface area contributed by atoms with Gasteiger partial charge in [-0.25, -0.2) is 4.79 Å². The van der Waals surface area contributed by atoms with Crippen molar-refractivity contribution in [1.29, 1.82) is 0 Å². The van der Waals surface area contributed by atoms with Crippen molar-refractivity contribution in [2.24, 2.45) is 0 Å². The molecule has 2 atom stereocenters. The number of carbonyl (C=O) groups excluding carboxylic acids is 2. The van der Waals surface area contributed by atoms with E-state index >= 15 is 0 Å². The summed E-state index contributed by atoms with van der Waals surface area (Å²) >= 11 is 0. The first-order valence-corrected chi connectivity index (χ1v) is 10.5. The second kappa shape index (κ2) is 11.6. The molecular formula is C23H33NO4. The molecule has 0 aromatic heterocycles. The molecule has 1 amide bonds. The minimum atomic E-state index is -0.431. The number of benzene rings is 1. The quantitative estimate of drug-likeness (QED) is 0.355. The molecule has 28 heavy (non-hydrogen) atoms. The third-order valence-corrected chi connectivity index (χ3v) is 5.14. The van der Waals surface area contributed by atoms with Crippen molar-refractivity contribution < 1.29 is 19.4 Å². The van der Waals surface area contributed by atoms with Gasteiger partial charge in [0.05, 0.1) is 24.3 Å². The Morgan fingerprint density at radius 3 is 2.71 bits per heavy atom. The van der Waals surface area contributed by atoms with Gasteiger partial charge in [0.15, 0.2) is 0 Å². The monoisotopic (exact) mass is 387 g/mol. The molecular weight excluding hydrogens is 354 g/mol. The van der Waals surface area contributed by atoms with Crippen LogP contribution >= 0.6 is 0 Å². The standard InChI is InChI=1S/C23H33NO4/c1-3-5-6-7-21(25)14-12-20-13-15-22(26)24(20)17-16-18-8-10-19(11-9-18)23(27)28-4-2/h8-12,14,20-21,25H,3-7,13,15-17H2,1-2H3/t20-,21?/m0/s1. The van der Waals surface area contributed by atoms with Crippen LogP contribution in [0.5, 0.6) is 0 Å². The third-order valence-electron chi connectivity index (χ3n) is 5.14. The molecule has 1 aliphatic rings. The van der Waals surface area contributed by atoms with Gasteiger partial charge in [-0.3, -0.25) is 4.79 Å². The third kappa shape index (κ3) is 6.79. The largest absolute Gasteiger partial charge is 0.462 e. The Labute approximate surface area is 168 Å². The summed E-state index contributed by atoms with van der Waals surface area (Å²) in [7, 11) is 0. The van der Waals surface area contributed by atoms with E-state index in [0.717, 1.165) is 44.1 Å². The Kier molecular flexibility index (Phi) is 9.21. The summed E-state index contributed by atoms with van der Waals surface area (Å²) in [6, 6.07) is 7.42. The van der Waals surface area contributed by atoms with E-state index in [1.165, 1.54) is 0 Å². The predicted molar refractivity (Wildman–Crippen MR) is 110 cm³/mol. The van der Waals surface area contributed by atoms with Crippen molar-refractivity contribution >= 4 is 11.9 Å². The molecule has 5 heteroatoms. The van der Waals surface area contributed by atoms with Crippen LogP contribution in [-0.2, 0) is 16.0 Å². The number of aliphatic hydroxyl groups excluding tert-OH is 1. The second-order valence-corrected chi connectivity index (χ2v) is 7.31. The van der Waals surface area contributed by atoms with Gasteiger partial charge in [0.1, 0.15) is 0 Å². The van der Waals surface area contributed by atoms with Crippen molar-refractivity contribution in [3.63, 3.8) is 0 Å². The number of esters is 1. The van der Waals surface area contributed by atoms with E-state index in [1.54, 1.807) is 19.1 Å². The molecule has 2 rings (SSSR count). The van der Waals surface area contributed by atoms with Gasteiger partial charge in [-0.1, -0.05) is 50.5 Å². The first-order valence-electron chi connectivity index (χ1n) is 10.5. The molecule has 1 aromatic rings. The molecule has 0 spiro atoms. The molecule has 0 aliphatic carbocycles. The number of carbonyl (C=O) groups is 2. The van der Waals surface area contributed by atoms with Crippen LogP contribution in [0.15, 0.2) is 36.4 Å². The Bertz CT molecular complexity index is 653. The zero-order chi connectivity index (χ0) is 20.4. The SMILES string of the molecule is CCCCCC(O)C=C[C@H]1CCC(=O)N1CCc1ccc(C(=O)OCC)cc1. The summed E-state index contributed by atoms with van der Waals surface area (Å²) in [5.41, 5.74) is 1.62. The topological polar surface area (TPSA) is 66.8 Å². The number of hydrogen-bond donors (Lipinski definition) is 1. The molecule has 0 bridgehead atoms. The van der Waals surface area contributed by atoms with E-state index in [2.05, 4.69) is 6.92 Å². The van der Waals surface area contributed by atoms with Gasteiger partial charge in [-0.15, -0.1) is 0 Å². The summed E-state index contributed by atoms with van der Waals surface area (Å²) in [5, 5.41) is 10.1. The molecule has 0 radical (unpaired) electrons. The lowest BCUT2D eigenvalue weighted by atomic mass is 10.1. The van der Waals surface area contributed by atoms with E-state index < -0.39 is 6.10 Å². The van der Waals surface area contributed by atoms with Gasteiger partial charge in [-0.05, 0) is 43.9 Å². The number of likely N-dealkylation sites (tertiary alicyclic amines) is 1. The predicted octanol–water partition coefficient (Wildman–Crippen LogP) is 3.89. The van der Waals surface area contributed by atoms with Crippen molar-refractivity contribution in [1.82, 2.24) is 4.90 Å². The molecule has 1 aromatic carbocycles. The molecule has 1 aliphatic heterocycles. The van der Waals surface area contributed by atoms with Crippen LogP contribution < -0.4 is 0 Å². The number of amides is 1. The Balaban J connectivity index is 1.87. The van der Waals surface area contributed by atoms with Crippen LogP contribution in [0, 0.1) is 0 Å². The summed E-state index contributed by atoms with van der Waals surface area (Å²) < 4.78 is 4.99. The van der Waals surface area contributed by atoms with Crippen LogP contribution in [0.25, 0.3) is 0 Å². The highest BCUT2D eigenvalue weighted by atomic mass is 16.5. The molecule has 0 saturated carbocycles. The molecule has 1 fully saturated rings. The lowest BCUT2D eigenvalue weighted by Gasteiger charge is -2.23. The second-order valence-electron chi connectivity index (χ2n) is 7.31. The number of nitrogens with zero attached hydrogens (tertiary/aromatic N) is 1. The summed E-state index contributed by atoms with van der Waals surface area (Å²) in [5.74, 6) is -0.148. The normalized spacial score (nSPS) is 18.0. The van der Waals surface area contributed by atoms with E-state index in [9.17, 15) is 14.7 Å². The average Bonchev–Trinajstić information content (AvgIpc) is 3.05. The van der Waals surface area contributed by atoms with Gasteiger partial charge in [-0.2, -0.15) is 0 Å². The van der Waals surface area contributed by atoms with Crippen LogP contribution in [0.4, 0.5) is 0 Å². The van der Waals surface area contributed by atoms with Crippen molar-refractivity contribution in [2.75, 3.05) is 13.2 Å². The first kappa shape index (κ1) is 22.2.